The summed E-state index contributed by atoms with van der Waals surface area (Å²) in [4.78, 5) is 21.9. The van der Waals surface area contributed by atoms with Crippen molar-refractivity contribution in [2.45, 2.75) is 16.9 Å². The third-order valence-electron chi connectivity index (χ3n) is 3.17. The number of carbonyl (C=O) groups is 2. The van der Waals surface area contributed by atoms with Crippen molar-refractivity contribution in [3.05, 3.63) is 29.8 Å². The molecule has 114 valence electrons. The molecule has 0 aromatic heterocycles. The average molecular weight is 331 g/mol. The normalized spacial score (nSPS) is 22.1. The predicted molar refractivity (Wildman–Crippen MR) is 76.0 cm³/mol. The number of rotatable bonds is 5. The summed E-state index contributed by atoms with van der Waals surface area (Å²) in [5, 5.41) is 18.0. The molecule has 3 N–H and O–H groups in total. The Morgan fingerprint density at radius 2 is 1.81 bits per heavy atom. The van der Waals surface area contributed by atoms with Gasteiger partial charge in [0.05, 0.1) is 10.5 Å². The highest BCUT2D eigenvalue weighted by Gasteiger charge is 2.45. The number of aromatic carboxylic acids is 1. The Morgan fingerprint density at radius 3 is 2.24 bits per heavy atom. The Balaban J connectivity index is 2.29. The lowest BCUT2D eigenvalue weighted by Gasteiger charge is -2.24. The first-order valence-electron chi connectivity index (χ1n) is 5.95. The standard InChI is InChI=1S/C12H13NO6S2/c14-10(15)8-1-3-9(4-2-8)21(18,19)13-12(11(16)17)5-6-20-7-12/h1-4,13H,5-7H2,(H,14,15)(H,16,17). The fourth-order valence-corrected chi connectivity index (χ4v) is 4.76. The Hall–Kier alpha value is -1.58. The lowest BCUT2D eigenvalue weighted by Crippen LogP contribution is -2.54. The van der Waals surface area contributed by atoms with Gasteiger partial charge in [-0.15, -0.1) is 0 Å². The molecule has 21 heavy (non-hydrogen) atoms. The van der Waals surface area contributed by atoms with Crippen LogP contribution in [0.5, 0.6) is 0 Å². The number of aliphatic carboxylic acids is 1. The van der Waals surface area contributed by atoms with E-state index in [1.165, 1.54) is 11.8 Å². The molecular formula is C12H13NO6S2. The van der Waals surface area contributed by atoms with Crippen molar-refractivity contribution >= 4 is 33.7 Å². The molecule has 0 saturated carbocycles. The Bertz CT molecular complexity index is 661. The summed E-state index contributed by atoms with van der Waals surface area (Å²) in [5.41, 5.74) is -1.55. The van der Waals surface area contributed by atoms with Crippen LogP contribution in [0.2, 0.25) is 0 Å². The fraction of sp³-hybridized carbons (Fsp3) is 0.333. The molecule has 2 rings (SSSR count). The van der Waals surface area contributed by atoms with Gasteiger partial charge in [0.15, 0.2) is 0 Å². The molecule has 1 unspecified atom stereocenters. The van der Waals surface area contributed by atoms with E-state index >= 15 is 0 Å². The van der Waals surface area contributed by atoms with E-state index in [1.807, 2.05) is 0 Å². The lowest BCUT2D eigenvalue weighted by molar-refractivity contribution is -0.142. The van der Waals surface area contributed by atoms with Gasteiger partial charge in [-0.25, -0.2) is 13.2 Å². The predicted octanol–water partition coefficient (Wildman–Crippen LogP) is 0.623. The number of carboxylic acid groups (broad SMARTS) is 2. The molecule has 0 spiro atoms. The summed E-state index contributed by atoms with van der Waals surface area (Å²) < 4.78 is 26.7. The van der Waals surface area contributed by atoms with Crippen LogP contribution in [0.4, 0.5) is 0 Å². The van der Waals surface area contributed by atoms with Crippen LogP contribution in [0.1, 0.15) is 16.8 Å². The van der Waals surface area contributed by atoms with E-state index in [0.717, 1.165) is 24.3 Å². The molecule has 1 saturated heterocycles. The minimum atomic E-state index is -4.03. The number of nitrogens with one attached hydrogen (secondary N) is 1. The first kappa shape index (κ1) is 15.8. The van der Waals surface area contributed by atoms with E-state index in [0.29, 0.717) is 5.75 Å². The van der Waals surface area contributed by atoms with Crippen molar-refractivity contribution in [2.24, 2.45) is 0 Å². The number of thioether (sulfide) groups is 1. The largest absolute Gasteiger partial charge is 0.480 e. The summed E-state index contributed by atoms with van der Waals surface area (Å²) in [5.74, 6) is -1.65. The van der Waals surface area contributed by atoms with E-state index in [-0.39, 0.29) is 22.6 Å². The molecule has 1 atom stereocenters. The summed E-state index contributed by atoms with van der Waals surface area (Å²) in [7, 11) is -4.03. The zero-order chi connectivity index (χ0) is 15.7. The van der Waals surface area contributed by atoms with Gasteiger partial charge in [-0.05, 0) is 36.4 Å². The molecule has 0 aliphatic carbocycles. The van der Waals surface area contributed by atoms with Gasteiger partial charge < -0.3 is 10.2 Å². The fourth-order valence-electron chi connectivity index (χ4n) is 1.95. The average Bonchev–Trinajstić information content (AvgIpc) is 2.88. The second-order valence-electron chi connectivity index (χ2n) is 4.62. The first-order valence-corrected chi connectivity index (χ1v) is 8.59. The van der Waals surface area contributed by atoms with Gasteiger partial charge in [-0.2, -0.15) is 16.5 Å². The summed E-state index contributed by atoms with van der Waals surface area (Å²) >= 11 is 1.37. The zero-order valence-corrected chi connectivity index (χ0v) is 12.4. The van der Waals surface area contributed by atoms with Crippen molar-refractivity contribution in [1.82, 2.24) is 4.72 Å². The second-order valence-corrected chi connectivity index (χ2v) is 7.41. The van der Waals surface area contributed by atoms with Gasteiger partial charge in [-0.1, -0.05) is 0 Å². The van der Waals surface area contributed by atoms with Crippen LogP contribution in [0.25, 0.3) is 0 Å². The molecule has 0 radical (unpaired) electrons. The first-order chi connectivity index (χ1) is 9.77. The van der Waals surface area contributed by atoms with Gasteiger partial charge in [0.1, 0.15) is 5.54 Å². The Morgan fingerprint density at radius 1 is 1.19 bits per heavy atom. The molecule has 1 aliphatic rings. The minimum Gasteiger partial charge on any atom is -0.480 e. The van der Waals surface area contributed by atoms with Crippen molar-refractivity contribution in [1.29, 1.82) is 0 Å². The number of carboxylic acids is 2. The molecule has 9 heteroatoms. The SMILES string of the molecule is O=C(O)c1ccc(S(=O)(=O)NC2(C(=O)O)CCSC2)cc1. The summed E-state index contributed by atoms with van der Waals surface area (Å²) in [6.45, 7) is 0. The van der Waals surface area contributed by atoms with Crippen molar-refractivity contribution in [2.75, 3.05) is 11.5 Å². The van der Waals surface area contributed by atoms with Crippen LogP contribution in [0.15, 0.2) is 29.2 Å². The molecule has 0 bridgehead atoms. The van der Waals surface area contributed by atoms with Crippen LogP contribution < -0.4 is 4.72 Å². The molecule has 1 aromatic carbocycles. The number of sulfonamides is 1. The summed E-state index contributed by atoms with van der Waals surface area (Å²) in [6, 6.07) is 4.61. The molecule has 1 fully saturated rings. The molecule has 0 amide bonds. The van der Waals surface area contributed by atoms with Crippen LogP contribution in [-0.2, 0) is 14.8 Å². The van der Waals surface area contributed by atoms with Gasteiger partial charge in [0.25, 0.3) is 0 Å². The maximum absolute atomic E-state index is 12.2. The van der Waals surface area contributed by atoms with E-state index in [1.54, 1.807) is 0 Å². The van der Waals surface area contributed by atoms with Crippen molar-refractivity contribution in [3.8, 4) is 0 Å². The van der Waals surface area contributed by atoms with Gasteiger partial charge >= 0.3 is 11.9 Å². The second kappa shape index (κ2) is 5.66. The quantitative estimate of drug-likeness (QED) is 0.723. The third-order valence-corrected chi connectivity index (χ3v) is 5.91. The minimum absolute atomic E-state index is 0.0432. The number of benzene rings is 1. The summed E-state index contributed by atoms with van der Waals surface area (Å²) in [6.07, 6.45) is 0.208. The maximum atomic E-state index is 12.2. The number of hydrogen-bond acceptors (Lipinski definition) is 5. The van der Waals surface area contributed by atoms with E-state index in [2.05, 4.69) is 4.72 Å². The lowest BCUT2D eigenvalue weighted by atomic mass is 10.0. The highest BCUT2D eigenvalue weighted by atomic mass is 32.2. The van der Waals surface area contributed by atoms with Crippen LogP contribution in [0, 0.1) is 0 Å². The third kappa shape index (κ3) is 3.20. The van der Waals surface area contributed by atoms with Crippen LogP contribution >= 0.6 is 11.8 Å². The van der Waals surface area contributed by atoms with Crippen molar-refractivity contribution in [3.63, 3.8) is 0 Å². The van der Waals surface area contributed by atoms with Gasteiger partial charge in [0, 0.05) is 5.75 Å². The van der Waals surface area contributed by atoms with E-state index < -0.39 is 27.5 Å². The highest BCUT2D eigenvalue weighted by molar-refractivity contribution is 7.99. The molecule has 1 heterocycles. The monoisotopic (exact) mass is 331 g/mol. The van der Waals surface area contributed by atoms with Gasteiger partial charge in [-0.3, -0.25) is 4.79 Å². The molecule has 1 aliphatic heterocycles. The Kier molecular flexibility index (Phi) is 4.26. The van der Waals surface area contributed by atoms with Crippen LogP contribution in [-0.4, -0.2) is 47.6 Å². The molecule has 1 aromatic rings. The Labute approximate surface area is 125 Å². The van der Waals surface area contributed by atoms with E-state index in [9.17, 15) is 23.1 Å². The van der Waals surface area contributed by atoms with E-state index in [4.69, 9.17) is 5.11 Å². The topological polar surface area (TPSA) is 121 Å². The smallest absolute Gasteiger partial charge is 0.335 e. The maximum Gasteiger partial charge on any atom is 0.335 e. The highest BCUT2D eigenvalue weighted by Crippen LogP contribution is 2.30. The van der Waals surface area contributed by atoms with Crippen molar-refractivity contribution < 1.29 is 28.2 Å². The molecule has 7 nitrogen and oxygen atoms in total. The number of hydrogen-bond donors (Lipinski definition) is 3. The van der Waals surface area contributed by atoms with Gasteiger partial charge in [0.2, 0.25) is 10.0 Å². The van der Waals surface area contributed by atoms with Crippen LogP contribution in [0.3, 0.4) is 0 Å². The zero-order valence-electron chi connectivity index (χ0n) is 10.8. The molecular weight excluding hydrogens is 318 g/mol.